The number of nitrogens with one attached hydrogen (secondary N) is 1. The molecule has 2 aromatic carbocycles. The fourth-order valence-electron chi connectivity index (χ4n) is 2.62. The second kappa shape index (κ2) is 8.79. The van der Waals surface area contributed by atoms with Crippen molar-refractivity contribution in [1.29, 1.82) is 0 Å². The van der Waals surface area contributed by atoms with E-state index in [1.54, 1.807) is 6.07 Å². The second-order valence-corrected chi connectivity index (χ2v) is 5.97. The number of halogens is 1. The van der Waals surface area contributed by atoms with E-state index in [-0.39, 0.29) is 30.1 Å². The Morgan fingerprint density at radius 3 is 2.34 bits per heavy atom. The van der Waals surface area contributed by atoms with Crippen LogP contribution >= 0.6 is 0 Å². The number of carbonyl (C=O) groups is 2. The van der Waals surface area contributed by atoms with E-state index in [0.717, 1.165) is 0 Å². The molecule has 148 valence electrons. The van der Waals surface area contributed by atoms with Crippen molar-refractivity contribution in [3.05, 3.63) is 94.2 Å². The number of nitrogens with zero attached hydrogens (tertiary/aromatic N) is 2. The second-order valence-electron chi connectivity index (χ2n) is 5.97. The fourth-order valence-corrected chi connectivity index (χ4v) is 2.62. The van der Waals surface area contributed by atoms with Crippen LogP contribution in [0.5, 0.6) is 0 Å². The van der Waals surface area contributed by atoms with Crippen LogP contribution in [0.15, 0.2) is 71.3 Å². The average molecular weight is 397 g/mol. The van der Waals surface area contributed by atoms with Gasteiger partial charge in [-0.3, -0.25) is 19.7 Å². The summed E-state index contributed by atoms with van der Waals surface area (Å²) in [7, 11) is 0. The lowest BCUT2D eigenvalue weighted by molar-refractivity contribution is -0.384. The van der Waals surface area contributed by atoms with Crippen LogP contribution in [0.2, 0.25) is 0 Å². The molecule has 1 N–H and O–H groups in total. The van der Waals surface area contributed by atoms with Crippen molar-refractivity contribution in [3.63, 3.8) is 0 Å². The summed E-state index contributed by atoms with van der Waals surface area (Å²) in [6, 6.07) is 13.6. The quantitative estimate of drug-likeness (QED) is 0.486. The number of hydrogen-bond acceptors (Lipinski definition) is 5. The van der Waals surface area contributed by atoms with Crippen molar-refractivity contribution in [2.24, 2.45) is 0 Å². The highest BCUT2D eigenvalue weighted by Gasteiger charge is 2.20. The first-order chi connectivity index (χ1) is 14.0. The van der Waals surface area contributed by atoms with Crippen LogP contribution < -0.4 is 10.2 Å². The van der Waals surface area contributed by atoms with Gasteiger partial charge in [-0.25, -0.2) is 4.39 Å². The van der Waals surface area contributed by atoms with Crippen molar-refractivity contribution in [3.8, 4) is 0 Å². The molecule has 9 heteroatoms. The van der Waals surface area contributed by atoms with Crippen LogP contribution in [0.3, 0.4) is 0 Å². The lowest BCUT2D eigenvalue weighted by Gasteiger charge is -2.22. The van der Waals surface area contributed by atoms with E-state index < -0.39 is 22.6 Å². The van der Waals surface area contributed by atoms with E-state index in [1.165, 1.54) is 65.8 Å². The van der Waals surface area contributed by atoms with Gasteiger partial charge >= 0.3 is 0 Å². The van der Waals surface area contributed by atoms with Crippen molar-refractivity contribution >= 4 is 23.2 Å². The third-order valence-electron chi connectivity index (χ3n) is 4.08. The van der Waals surface area contributed by atoms with E-state index in [4.69, 9.17) is 4.42 Å². The molecule has 1 heterocycles. The predicted molar refractivity (Wildman–Crippen MR) is 102 cm³/mol. The Balaban J connectivity index is 1.68. The maximum Gasteiger partial charge on any atom is 0.294 e. The first kappa shape index (κ1) is 19.7. The zero-order valence-corrected chi connectivity index (χ0v) is 15.1. The minimum atomic E-state index is -0.553. The number of furan rings is 1. The number of amides is 2. The monoisotopic (exact) mass is 397 g/mol. The number of non-ortho nitro benzene ring substituents is 1. The van der Waals surface area contributed by atoms with Crippen LogP contribution in [0, 0.1) is 15.9 Å². The van der Waals surface area contributed by atoms with Gasteiger partial charge in [0.1, 0.15) is 5.82 Å². The van der Waals surface area contributed by atoms with E-state index in [1.807, 2.05) is 0 Å². The molecule has 0 radical (unpaired) electrons. The summed E-state index contributed by atoms with van der Waals surface area (Å²) >= 11 is 0. The summed E-state index contributed by atoms with van der Waals surface area (Å²) in [6.07, 6.45) is 1.37. The van der Waals surface area contributed by atoms with Crippen LogP contribution in [-0.4, -0.2) is 29.8 Å². The van der Waals surface area contributed by atoms with Crippen molar-refractivity contribution in [1.82, 2.24) is 5.32 Å². The first-order valence-electron chi connectivity index (χ1n) is 8.59. The van der Waals surface area contributed by atoms with Gasteiger partial charge in [-0.1, -0.05) is 0 Å². The number of rotatable bonds is 7. The minimum absolute atomic E-state index is 0.0969. The van der Waals surface area contributed by atoms with Crippen LogP contribution in [-0.2, 0) is 0 Å². The predicted octanol–water partition coefficient (Wildman–Crippen LogP) is 3.40. The van der Waals surface area contributed by atoms with Gasteiger partial charge in [-0.15, -0.1) is 0 Å². The van der Waals surface area contributed by atoms with E-state index in [9.17, 15) is 24.1 Å². The maximum atomic E-state index is 13.2. The molecule has 0 atom stereocenters. The van der Waals surface area contributed by atoms with Gasteiger partial charge in [-0.2, -0.15) is 0 Å². The number of nitro benzene ring substituents is 1. The van der Waals surface area contributed by atoms with Crippen LogP contribution in [0.4, 0.5) is 15.8 Å². The molecule has 0 saturated heterocycles. The van der Waals surface area contributed by atoms with Crippen LogP contribution in [0.25, 0.3) is 0 Å². The molecule has 2 amide bonds. The topological polar surface area (TPSA) is 106 Å². The zero-order chi connectivity index (χ0) is 20.8. The zero-order valence-electron chi connectivity index (χ0n) is 15.1. The van der Waals surface area contributed by atoms with Gasteiger partial charge in [0, 0.05) is 36.5 Å². The summed E-state index contributed by atoms with van der Waals surface area (Å²) in [5.74, 6) is -1.21. The molecule has 0 unspecified atom stereocenters. The SMILES string of the molecule is O=C(NCCN(C(=O)c1ccco1)c1ccc(F)cc1)c1ccc([N+](=O)[O-])cc1. The summed E-state index contributed by atoms with van der Waals surface area (Å²) < 4.78 is 18.4. The number of nitro groups is 1. The Morgan fingerprint density at radius 1 is 1.07 bits per heavy atom. The van der Waals surface area contributed by atoms with E-state index in [2.05, 4.69) is 5.32 Å². The molecule has 3 rings (SSSR count). The molecule has 0 aliphatic rings. The summed E-state index contributed by atoms with van der Waals surface area (Å²) in [4.78, 5) is 36.4. The summed E-state index contributed by atoms with van der Waals surface area (Å²) in [5.41, 5.74) is 0.576. The summed E-state index contributed by atoms with van der Waals surface area (Å²) in [5, 5.41) is 13.3. The van der Waals surface area contributed by atoms with Gasteiger partial charge in [0.15, 0.2) is 5.76 Å². The van der Waals surface area contributed by atoms with Gasteiger partial charge in [0.2, 0.25) is 0 Å². The Kier molecular flexibility index (Phi) is 5.98. The number of hydrogen-bond donors (Lipinski definition) is 1. The molecule has 0 aliphatic carbocycles. The largest absolute Gasteiger partial charge is 0.459 e. The molecular weight excluding hydrogens is 381 g/mol. The molecule has 1 aromatic heterocycles. The lowest BCUT2D eigenvalue weighted by atomic mass is 10.2. The Morgan fingerprint density at radius 2 is 1.76 bits per heavy atom. The molecule has 0 bridgehead atoms. The standard InChI is InChI=1S/C20H16FN3O5/c21-15-5-9-16(10-6-15)23(20(26)18-2-1-13-29-18)12-11-22-19(25)14-3-7-17(8-4-14)24(27)28/h1-10,13H,11-12H2,(H,22,25). The van der Waals surface area contributed by atoms with Crippen LogP contribution in [0.1, 0.15) is 20.9 Å². The smallest absolute Gasteiger partial charge is 0.294 e. The molecule has 29 heavy (non-hydrogen) atoms. The molecule has 0 saturated carbocycles. The third-order valence-corrected chi connectivity index (χ3v) is 4.08. The van der Waals surface area contributed by atoms with Gasteiger partial charge in [0.25, 0.3) is 17.5 Å². The molecule has 0 aliphatic heterocycles. The fraction of sp³-hybridized carbons (Fsp3) is 0.100. The van der Waals surface area contributed by atoms with Crippen molar-refractivity contribution in [2.75, 3.05) is 18.0 Å². The molecular formula is C20H16FN3O5. The Hall–Kier alpha value is -4.01. The molecule has 8 nitrogen and oxygen atoms in total. The lowest BCUT2D eigenvalue weighted by Crippen LogP contribution is -2.38. The van der Waals surface area contributed by atoms with E-state index in [0.29, 0.717) is 5.69 Å². The molecule has 3 aromatic rings. The van der Waals surface area contributed by atoms with Gasteiger partial charge < -0.3 is 14.6 Å². The van der Waals surface area contributed by atoms with Crippen molar-refractivity contribution in [2.45, 2.75) is 0 Å². The highest BCUT2D eigenvalue weighted by molar-refractivity contribution is 6.04. The Labute approximate surface area is 164 Å². The van der Waals surface area contributed by atoms with E-state index >= 15 is 0 Å². The van der Waals surface area contributed by atoms with Crippen molar-refractivity contribution < 1.29 is 23.3 Å². The van der Waals surface area contributed by atoms with Gasteiger partial charge in [0.05, 0.1) is 11.2 Å². The average Bonchev–Trinajstić information content (AvgIpc) is 3.26. The number of benzene rings is 2. The third kappa shape index (κ3) is 4.83. The molecule has 0 spiro atoms. The minimum Gasteiger partial charge on any atom is -0.459 e. The Bertz CT molecular complexity index is 1000. The number of carbonyl (C=O) groups excluding carboxylic acids is 2. The molecule has 0 fully saturated rings. The summed E-state index contributed by atoms with van der Waals surface area (Å²) in [6.45, 7) is 0.198. The maximum absolute atomic E-state index is 13.2. The highest BCUT2D eigenvalue weighted by atomic mass is 19.1. The highest BCUT2D eigenvalue weighted by Crippen LogP contribution is 2.18. The number of anilines is 1. The van der Waals surface area contributed by atoms with Gasteiger partial charge in [-0.05, 0) is 48.5 Å². The first-order valence-corrected chi connectivity index (χ1v) is 8.59. The normalized spacial score (nSPS) is 10.4.